The van der Waals surface area contributed by atoms with Crippen LogP contribution in [0.5, 0.6) is 0 Å². The highest BCUT2D eigenvalue weighted by Crippen LogP contribution is 2.48. The maximum absolute atomic E-state index is 8.96. The third-order valence-corrected chi connectivity index (χ3v) is 3.56. The number of halogens is 1. The molecule has 4 N–H and O–H groups in total. The quantitative estimate of drug-likeness (QED) is 0.693. The van der Waals surface area contributed by atoms with Crippen molar-refractivity contribution in [2.24, 2.45) is 5.41 Å². The molecule has 3 nitrogen and oxygen atoms in total. The minimum atomic E-state index is 0.261. The summed E-state index contributed by atoms with van der Waals surface area (Å²) >= 11 is 6.06. The van der Waals surface area contributed by atoms with Crippen LogP contribution in [-0.4, -0.2) is 18.3 Å². The third kappa shape index (κ3) is 2.60. The largest absolute Gasteiger partial charge is 0.399 e. The fourth-order valence-electron chi connectivity index (χ4n) is 1.89. The van der Waals surface area contributed by atoms with Gasteiger partial charge in [-0.05, 0) is 42.9 Å². The molecule has 1 aromatic rings. The van der Waals surface area contributed by atoms with Gasteiger partial charge in [-0.2, -0.15) is 0 Å². The molecular formula is C12H17ClN2O. The first-order valence-corrected chi connectivity index (χ1v) is 5.93. The minimum Gasteiger partial charge on any atom is -0.399 e. The van der Waals surface area contributed by atoms with Crippen LogP contribution in [0.4, 0.5) is 11.4 Å². The summed E-state index contributed by atoms with van der Waals surface area (Å²) in [5, 5.41) is 12.9. The molecule has 4 heteroatoms. The van der Waals surface area contributed by atoms with E-state index in [4.69, 9.17) is 22.4 Å². The predicted octanol–water partition coefficient (Wildman–Crippen LogP) is 2.50. The van der Waals surface area contributed by atoms with Gasteiger partial charge in [0.1, 0.15) is 0 Å². The highest BCUT2D eigenvalue weighted by atomic mass is 35.5. The first-order chi connectivity index (χ1) is 7.65. The van der Waals surface area contributed by atoms with Crippen molar-refractivity contribution in [1.82, 2.24) is 0 Å². The molecule has 1 aliphatic carbocycles. The van der Waals surface area contributed by atoms with E-state index in [0.29, 0.717) is 16.1 Å². The van der Waals surface area contributed by atoms with Gasteiger partial charge in [0, 0.05) is 18.8 Å². The number of nitrogens with one attached hydrogen (secondary N) is 1. The summed E-state index contributed by atoms with van der Waals surface area (Å²) < 4.78 is 0. The predicted molar refractivity (Wildman–Crippen MR) is 67.7 cm³/mol. The van der Waals surface area contributed by atoms with Gasteiger partial charge in [0.25, 0.3) is 0 Å². The molecule has 0 saturated heterocycles. The Labute approximate surface area is 101 Å². The van der Waals surface area contributed by atoms with Crippen molar-refractivity contribution in [3.05, 3.63) is 23.2 Å². The zero-order valence-corrected chi connectivity index (χ0v) is 9.93. The molecule has 0 spiro atoms. The Kier molecular flexibility index (Phi) is 3.26. The molecule has 2 rings (SSSR count). The van der Waals surface area contributed by atoms with Crippen LogP contribution in [0.3, 0.4) is 0 Å². The second-order valence-corrected chi connectivity index (χ2v) is 4.97. The lowest BCUT2D eigenvalue weighted by Crippen LogP contribution is -2.16. The Bertz CT molecular complexity index is 377. The normalized spacial score (nSPS) is 17.1. The Hall–Kier alpha value is -0.930. The molecule has 0 heterocycles. The molecule has 16 heavy (non-hydrogen) atoms. The topological polar surface area (TPSA) is 58.3 Å². The number of anilines is 2. The lowest BCUT2D eigenvalue weighted by Gasteiger charge is -2.16. The van der Waals surface area contributed by atoms with Crippen LogP contribution < -0.4 is 11.1 Å². The van der Waals surface area contributed by atoms with Gasteiger partial charge < -0.3 is 16.2 Å². The molecule has 0 radical (unpaired) electrons. The maximum atomic E-state index is 8.96. The highest BCUT2D eigenvalue weighted by Gasteiger charge is 2.41. The van der Waals surface area contributed by atoms with Gasteiger partial charge in [0.2, 0.25) is 0 Å². The molecule has 0 aliphatic heterocycles. The van der Waals surface area contributed by atoms with Gasteiger partial charge in [-0.3, -0.25) is 0 Å². The maximum Gasteiger partial charge on any atom is 0.0657 e. The standard InChI is InChI=1S/C12H17ClN2O/c13-10-7-9(14)1-2-11(10)15-8-12(3-4-12)5-6-16/h1-2,7,15-16H,3-6,8,14H2. The second-order valence-electron chi connectivity index (χ2n) is 4.57. The lowest BCUT2D eigenvalue weighted by molar-refractivity contribution is 0.253. The summed E-state index contributed by atoms with van der Waals surface area (Å²) in [7, 11) is 0. The van der Waals surface area contributed by atoms with Gasteiger partial charge in [-0.1, -0.05) is 11.6 Å². The number of benzene rings is 1. The number of hydrogen-bond acceptors (Lipinski definition) is 3. The highest BCUT2D eigenvalue weighted by molar-refractivity contribution is 6.33. The first-order valence-electron chi connectivity index (χ1n) is 5.55. The molecule has 1 aromatic carbocycles. The Morgan fingerprint density at radius 2 is 2.19 bits per heavy atom. The zero-order valence-electron chi connectivity index (χ0n) is 9.17. The third-order valence-electron chi connectivity index (χ3n) is 3.25. The van der Waals surface area contributed by atoms with Crippen LogP contribution in [0, 0.1) is 5.41 Å². The van der Waals surface area contributed by atoms with E-state index in [9.17, 15) is 0 Å². The SMILES string of the molecule is Nc1ccc(NCC2(CCO)CC2)c(Cl)c1. The summed E-state index contributed by atoms with van der Waals surface area (Å²) in [6.45, 7) is 1.13. The summed E-state index contributed by atoms with van der Waals surface area (Å²) in [5.41, 5.74) is 7.51. The first kappa shape index (κ1) is 11.6. The Morgan fingerprint density at radius 3 is 2.75 bits per heavy atom. The van der Waals surface area contributed by atoms with Crippen LogP contribution in [0.2, 0.25) is 5.02 Å². The van der Waals surface area contributed by atoms with Gasteiger partial charge in [-0.15, -0.1) is 0 Å². The fraction of sp³-hybridized carbons (Fsp3) is 0.500. The van der Waals surface area contributed by atoms with Crippen LogP contribution in [0.15, 0.2) is 18.2 Å². The van der Waals surface area contributed by atoms with Crippen molar-refractivity contribution >= 4 is 23.0 Å². The zero-order chi connectivity index (χ0) is 11.6. The molecule has 1 saturated carbocycles. The van der Waals surface area contributed by atoms with Crippen LogP contribution in [0.1, 0.15) is 19.3 Å². The van der Waals surface area contributed by atoms with Crippen molar-refractivity contribution in [2.75, 3.05) is 24.2 Å². The van der Waals surface area contributed by atoms with E-state index < -0.39 is 0 Å². The lowest BCUT2D eigenvalue weighted by atomic mass is 10.0. The van der Waals surface area contributed by atoms with Gasteiger partial charge in [0.15, 0.2) is 0 Å². The molecule has 0 amide bonds. The number of aliphatic hydroxyl groups is 1. The van der Waals surface area contributed by atoms with Gasteiger partial charge in [0.05, 0.1) is 10.7 Å². The molecule has 0 aromatic heterocycles. The summed E-state index contributed by atoms with van der Waals surface area (Å²) in [6.07, 6.45) is 3.24. The Balaban J connectivity index is 1.94. The average Bonchev–Trinajstić information content (AvgIpc) is 2.98. The number of aliphatic hydroxyl groups excluding tert-OH is 1. The van der Waals surface area contributed by atoms with E-state index in [1.807, 2.05) is 12.1 Å². The average molecular weight is 241 g/mol. The molecule has 1 fully saturated rings. The summed E-state index contributed by atoms with van der Waals surface area (Å²) in [4.78, 5) is 0. The fourth-order valence-corrected chi connectivity index (χ4v) is 2.14. The van der Waals surface area contributed by atoms with Gasteiger partial charge in [-0.25, -0.2) is 0 Å². The van der Waals surface area contributed by atoms with E-state index in [2.05, 4.69) is 5.32 Å². The van der Waals surface area contributed by atoms with Crippen molar-refractivity contribution in [3.8, 4) is 0 Å². The number of nitrogens with two attached hydrogens (primary N) is 1. The number of rotatable bonds is 5. The Morgan fingerprint density at radius 1 is 1.44 bits per heavy atom. The van der Waals surface area contributed by atoms with E-state index in [1.165, 1.54) is 12.8 Å². The smallest absolute Gasteiger partial charge is 0.0657 e. The molecule has 0 bridgehead atoms. The summed E-state index contributed by atoms with van der Waals surface area (Å²) in [5.74, 6) is 0. The monoisotopic (exact) mass is 240 g/mol. The van der Waals surface area contributed by atoms with E-state index in [1.54, 1.807) is 6.07 Å². The summed E-state index contributed by atoms with van der Waals surface area (Å²) in [6, 6.07) is 5.47. The van der Waals surface area contributed by atoms with E-state index in [-0.39, 0.29) is 6.61 Å². The molecule has 1 aliphatic rings. The van der Waals surface area contributed by atoms with Crippen molar-refractivity contribution in [2.45, 2.75) is 19.3 Å². The van der Waals surface area contributed by atoms with Crippen molar-refractivity contribution < 1.29 is 5.11 Å². The van der Waals surface area contributed by atoms with Gasteiger partial charge >= 0.3 is 0 Å². The number of nitrogen functional groups attached to an aromatic ring is 1. The number of hydrogen-bond donors (Lipinski definition) is 3. The van der Waals surface area contributed by atoms with Crippen LogP contribution in [0.25, 0.3) is 0 Å². The van der Waals surface area contributed by atoms with Crippen LogP contribution in [-0.2, 0) is 0 Å². The minimum absolute atomic E-state index is 0.261. The molecule has 0 atom stereocenters. The molecular weight excluding hydrogens is 224 g/mol. The van der Waals surface area contributed by atoms with E-state index in [0.717, 1.165) is 18.7 Å². The van der Waals surface area contributed by atoms with Crippen LogP contribution >= 0.6 is 11.6 Å². The molecule has 88 valence electrons. The van der Waals surface area contributed by atoms with Crippen molar-refractivity contribution in [1.29, 1.82) is 0 Å². The van der Waals surface area contributed by atoms with E-state index >= 15 is 0 Å². The second kappa shape index (κ2) is 4.52. The van der Waals surface area contributed by atoms with Crippen molar-refractivity contribution in [3.63, 3.8) is 0 Å². The molecule has 0 unspecified atom stereocenters.